The molecule has 0 saturated heterocycles. The van der Waals surface area contributed by atoms with Crippen molar-refractivity contribution < 1.29 is 4.39 Å². The molecular formula is C14H12Br2FN3. The van der Waals surface area contributed by atoms with E-state index in [0.29, 0.717) is 10.4 Å². The number of rotatable bonds is 3. The summed E-state index contributed by atoms with van der Waals surface area (Å²) in [7, 11) is 0. The van der Waals surface area contributed by atoms with Gasteiger partial charge in [-0.05, 0) is 69.3 Å². The van der Waals surface area contributed by atoms with Crippen LogP contribution in [0.4, 0.5) is 15.9 Å². The normalized spacial score (nSPS) is 14.4. The van der Waals surface area contributed by atoms with Gasteiger partial charge < -0.3 is 5.32 Å². The van der Waals surface area contributed by atoms with E-state index in [9.17, 15) is 4.39 Å². The smallest absolute Gasteiger partial charge is 0.137 e. The van der Waals surface area contributed by atoms with Crippen molar-refractivity contribution in [3.63, 3.8) is 0 Å². The molecule has 2 aromatic rings. The molecule has 0 atom stereocenters. The van der Waals surface area contributed by atoms with Gasteiger partial charge in [-0.25, -0.2) is 14.4 Å². The van der Waals surface area contributed by atoms with Gasteiger partial charge in [0.1, 0.15) is 22.1 Å². The van der Waals surface area contributed by atoms with Crippen LogP contribution in [0.2, 0.25) is 0 Å². The summed E-state index contributed by atoms with van der Waals surface area (Å²) in [4.78, 5) is 8.91. The van der Waals surface area contributed by atoms with E-state index in [0.717, 1.165) is 40.3 Å². The van der Waals surface area contributed by atoms with E-state index < -0.39 is 0 Å². The van der Waals surface area contributed by atoms with Gasteiger partial charge in [0.15, 0.2) is 0 Å². The predicted octanol–water partition coefficient (Wildman–Crippen LogP) is 5.07. The zero-order chi connectivity index (χ0) is 14.3. The summed E-state index contributed by atoms with van der Waals surface area (Å²) in [5.74, 6) is 1.79. The van der Waals surface area contributed by atoms with Crippen LogP contribution in [0.3, 0.4) is 0 Å². The van der Waals surface area contributed by atoms with Gasteiger partial charge in [-0.2, -0.15) is 0 Å². The number of aryl methyl sites for hydroxylation is 1. The Kier molecular flexibility index (Phi) is 3.77. The molecule has 1 saturated carbocycles. The highest BCUT2D eigenvalue weighted by molar-refractivity contribution is 9.10. The second-order valence-electron chi connectivity index (χ2n) is 4.91. The third-order valence-corrected chi connectivity index (χ3v) is 4.20. The van der Waals surface area contributed by atoms with E-state index >= 15 is 0 Å². The lowest BCUT2D eigenvalue weighted by molar-refractivity contribution is 0.620. The maximum Gasteiger partial charge on any atom is 0.137 e. The highest BCUT2D eigenvalue weighted by atomic mass is 79.9. The quantitative estimate of drug-likeness (QED) is 0.730. The molecule has 1 aliphatic rings. The molecule has 0 radical (unpaired) electrons. The predicted molar refractivity (Wildman–Crippen MR) is 83.8 cm³/mol. The molecule has 1 aliphatic carbocycles. The Morgan fingerprint density at radius 2 is 1.95 bits per heavy atom. The molecule has 1 aromatic heterocycles. The Balaban J connectivity index is 1.92. The number of benzene rings is 1. The first-order chi connectivity index (χ1) is 9.52. The summed E-state index contributed by atoms with van der Waals surface area (Å²) in [6, 6.07) is 5.03. The fourth-order valence-corrected chi connectivity index (χ4v) is 2.68. The average molecular weight is 401 g/mol. The van der Waals surface area contributed by atoms with Crippen LogP contribution in [-0.2, 0) is 0 Å². The summed E-state index contributed by atoms with van der Waals surface area (Å²) in [5, 5.41) is 3.23. The number of nitrogens with zero attached hydrogens (tertiary/aromatic N) is 2. The number of halogens is 3. The molecule has 6 heteroatoms. The zero-order valence-corrected chi connectivity index (χ0v) is 13.9. The van der Waals surface area contributed by atoms with Gasteiger partial charge in [-0.15, -0.1) is 0 Å². The highest BCUT2D eigenvalue weighted by Crippen LogP contribution is 2.39. The molecule has 3 rings (SSSR count). The molecule has 3 nitrogen and oxygen atoms in total. The van der Waals surface area contributed by atoms with Gasteiger partial charge >= 0.3 is 0 Å². The number of hydrogen-bond donors (Lipinski definition) is 1. The first kappa shape index (κ1) is 13.9. The maximum atomic E-state index is 13.4. The Morgan fingerprint density at radius 3 is 2.65 bits per heavy atom. The largest absolute Gasteiger partial charge is 0.340 e. The minimum absolute atomic E-state index is 0.268. The lowest BCUT2D eigenvalue weighted by Crippen LogP contribution is -2.01. The lowest BCUT2D eigenvalue weighted by Gasteiger charge is -2.11. The molecule has 1 N–H and O–H groups in total. The van der Waals surface area contributed by atoms with Crippen LogP contribution in [0, 0.1) is 12.7 Å². The third-order valence-electron chi connectivity index (χ3n) is 3.18. The summed E-state index contributed by atoms with van der Waals surface area (Å²) < 4.78 is 14.6. The van der Waals surface area contributed by atoms with E-state index in [1.807, 2.05) is 13.0 Å². The summed E-state index contributed by atoms with van der Waals surface area (Å²) in [6.07, 6.45) is 2.30. The molecule has 1 aromatic carbocycles. The average Bonchev–Trinajstić information content (AvgIpc) is 3.19. The highest BCUT2D eigenvalue weighted by Gasteiger charge is 2.27. The Morgan fingerprint density at radius 1 is 1.20 bits per heavy atom. The van der Waals surface area contributed by atoms with Crippen LogP contribution in [0.1, 0.15) is 30.1 Å². The first-order valence-corrected chi connectivity index (χ1v) is 7.88. The minimum Gasteiger partial charge on any atom is -0.340 e. The van der Waals surface area contributed by atoms with Crippen LogP contribution < -0.4 is 5.32 Å². The van der Waals surface area contributed by atoms with Crippen molar-refractivity contribution in [2.45, 2.75) is 25.7 Å². The van der Waals surface area contributed by atoms with Crippen LogP contribution >= 0.6 is 31.9 Å². The van der Waals surface area contributed by atoms with Crippen LogP contribution in [0.15, 0.2) is 27.3 Å². The van der Waals surface area contributed by atoms with E-state index in [4.69, 9.17) is 0 Å². The molecule has 0 amide bonds. The number of nitrogens with one attached hydrogen (secondary N) is 1. The van der Waals surface area contributed by atoms with Crippen LogP contribution in [-0.4, -0.2) is 9.97 Å². The van der Waals surface area contributed by atoms with Gasteiger partial charge in [-0.1, -0.05) is 0 Å². The molecule has 1 heterocycles. The molecule has 0 bridgehead atoms. The van der Waals surface area contributed by atoms with Crippen molar-refractivity contribution >= 4 is 43.4 Å². The lowest BCUT2D eigenvalue weighted by atomic mass is 10.2. The summed E-state index contributed by atoms with van der Waals surface area (Å²) in [6.45, 7) is 1.86. The Bertz CT molecular complexity index is 672. The van der Waals surface area contributed by atoms with Gasteiger partial charge in [0, 0.05) is 17.7 Å². The molecule has 0 aliphatic heterocycles. The summed E-state index contributed by atoms with van der Waals surface area (Å²) in [5.41, 5.74) is 1.65. The van der Waals surface area contributed by atoms with Crippen LogP contribution in [0.25, 0.3) is 0 Å². The third kappa shape index (κ3) is 3.01. The zero-order valence-electron chi connectivity index (χ0n) is 10.8. The van der Waals surface area contributed by atoms with E-state index in [1.165, 1.54) is 6.07 Å². The number of anilines is 2. The van der Waals surface area contributed by atoms with Gasteiger partial charge in [0.2, 0.25) is 0 Å². The topological polar surface area (TPSA) is 37.8 Å². The molecule has 1 fully saturated rings. The van der Waals surface area contributed by atoms with Crippen LogP contribution in [0.5, 0.6) is 0 Å². The Hall–Kier alpha value is -1.01. The molecular weight excluding hydrogens is 389 g/mol. The first-order valence-electron chi connectivity index (χ1n) is 6.30. The second-order valence-corrected chi connectivity index (χ2v) is 6.58. The number of hydrogen-bond acceptors (Lipinski definition) is 3. The fraction of sp³-hybridized carbons (Fsp3) is 0.286. The van der Waals surface area contributed by atoms with Crippen molar-refractivity contribution in [3.8, 4) is 0 Å². The number of aromatic nitrogens is 2. The molecule has 20 heavy (non-hydrogen) atoms. The maximum absolute atomic E-state index is 13.4. The van der Waals surface area contributed by atoms with E-state index in [2.05, 4.69) is 47.1 Å². The van der Waals surface area contributed by atoms with Gasteiger partial charge in [-0.3, -0.25) is 0 Å². The fourth-order valence-electron chi connectivity index (χ4n) is 1.94. The molecule has 0 spiro atoms. The monoisotopic (exact) mass is 399 g/mol. The van der Waals surface area contributed by atoms with Crippen molar-refractivity contribution in [1.29, 1.82) is 0 Å². The van der Waals surface area contributed by atoms with Crippen molar-refractivity contribution in [3.05, 3.63) is 44.5 Å². The summed E-state index contributed by atoms with van der Waals surface area (Å²) >= 11 is 6.61. The van der Waals surface area contributed by atoms with Gasteiger partial charge in [0.05, 0.1) is 4.47 Å². The SMILES string of the molecule is Cc1cc(F)c(Br)cc1Nc1cc(Br)nc(C2CC2)n1. The van der Waals surface area contributed by atoms with Crippen molar-refractivity contribution in [2.75, 3.05) is 5.32 Å². The minimum atomic E-state index is -0.268. The Labute approximate surface area is 133 Å². The second kappa shape index (κ2) is 5.41. The van der Waals surface area contributed by atoms with E-state index in [1.54, 1.807) is 6.07 Å². The molecule has 0 unspecified atom stereocenters. The molecule has 104 valence electrons. The van der Waals surface area contributed by atoms with Crippen molar-refractivity contribution in [1.82, 2.24) is 9.97 Å². The standard InChI is InChI=1S/C14H12Br2FN3/c1-7-4-10(17)9(15)5-11(7)18-13-6-12(16)19-14(20-13)8-2-3-8/h4-6,8H,2-3H2,1H3,(H,18,19,20). The van der Waals surface area contributed by atoms with E-state index in [-0.39, 0.29) is 5.82 Å². The van der Waals surface area contributed by atoms with Gasteiger partial charge in [0.25, 0.3) is 0 Å². The van der Waals surface area contributed by atoms with Crippen molar-refractivity contribution in [2.24, 2.45) is 0 Å².